The lowest BCUT2D eigenvalue weighted by atomic mass is 10.2. The molecule has 0 fully saturated rings. The third-order valence-electron chi connectivity index (χ3n) is 2.89. The number of allylic oxidation sites excluding steroid dienone is 1. The van der Waals surface area contributed by atoms with E-state index in [0.29, 0.717) is 16.3 Å². The number of amides is 1. The van der Waals surface area contributed by atoms with Gasteiger partial charge in [0.25, 0.3) is 11.6 Å². The summed E-state index contributed by atoms with van der Waals surface area (Å²) in [4.78, 5) is 21.8. The van der Waals surface area contributed by atoms with Crippen LogP contribution in [-0.4, -0.2) is 23.7 Å². The van der Waals surface area contributed by atoms with Gasteiger partial charge in [-0.1, -0.05) is 35.9 Å². The average molecular weight is 360 g/mol. The molecule has 0 heterocycles. The van der Waals surface area contributed by atoms with Crippen LogP contribution in [0.25, 0.3) is 6.08 Å². The number of nitro benzene ring substituents is 1. The largest absolute Gasteiger partial charge is 0.484 e. The molecular weight excluding hydrogens is 346 g/mol. The van der Waals surface area contributed by atoms with Gasteiger partial charge in [0.1, 0.15) is 5.75 Å². The second kappa shape index (κ2) is 9.19. The Labute approximate surface area is 148 Å². The number of hydrogen-bond acceptors (Lipinski definition) is 5. The van der Waals surface area contributed by atoms with Crippen LogP contribution >= 0.6 is 11.6 Å². The molecule has 0 radical (unpaired) electrons. The van der Waals surface area contributed by atoms with Crippen molar-refractivity contribution in [2.75, 3.05) is 6.61 Å². The smallest absolute Gasteiger partial charge is 0.277 e. The van der Waals surface area contributed by atoms with E-state index in [1.165, 1.54) is 18.3 Å². The molecule has 0 saturated carbocycles. The molecule has 0 atom stereocenters. The number of nitrogens with one attached hydrogen (secondary N) is 1. The number of carbonyl (C=O) groups is 1. The van der Waals surface area contributed by atoms with Gasteiger partial charge < -0.3 is 4.74 Å². The molecule has 0 unspecified atom stereocenters. The topological polar surface area (TPSA) is 93.8 Å². The van der Waals surface area contributed by atoms with Crippen LogP contribution in [0.3, 0.4) is 0 Å². The summed E-state index contributed by atoms with van der Waals surface area (Å²) in [7, 11) is 0. The maximum atomic E-state index is 11.6. The van der Waals surface area contributed by atoms with Crippen LogP contribution in [0.15, 0.2) is 59.7 Å². The molecule has 8 heteroatoms. The summed E-state index contributed by atoms with van der Waals surface area (Å²) < 4.78 is 5.26. The first-order valence-electron chi connectivity index (χ1n) is 7.16. The summed E-state index contributed by atoms with van der Waals surface area (Å²) in [6.07, 6.45) is 4.54. The SMILES string of the molecule is O=C(COc1cccc(Cl)c1)N/N=C\C=C\c1cccc([N+](=O)[O-])c1. The second-order valence-electron chi connectivity index (χ2n) is 4.77. The molecule has 0 aliphatic rings. The van der Waals surface area contributed by atoms with E-state index >= 15 is 0 Å². The highest BCUT2D eigenvalue weighted by Crippen LogP contribution is 2.16. The number of rotatable bonds is 7. The number of halogens is 1. The minimum atomic E-state index is -0.467. The lowest BCUT2D eigenvalue weighted by molar-refractivity contribution is -0.384. The number of carbonyl (C=O) groups excluding carboxylic acids is 1. The predicted molar refractivity (Wildman–Crippen MR) is 95.7 cm³/mol. The average Bonchev–Trinajstić information content (AvgIpc) is 2.60. The van der Waals surface area contributed by atoms with Crippen LogP contribution in [-0.2, 0) is 4.79 Å². The highest BCUT2D eigenvalue weighted by Gasteiger charge is 2.03. The molecule has 0 saturated heterocycles. The Kier molecular flexibility index (Phi) is 6.67. The van der Waals surface area contributed by atoms with Crippen molar-refractivity contribution in [3.63, 3.8) is 0 Å². The van der Waals surface area contributed by atoms with Crippen molar-refractivity contribution in [2.24, 2.45) is 5.10 Å². The lowest BCUT2D eigenvalue weighted by Gasteiger charge is -2.04. The van der Waals surface area contributed by atoms with Crippen LogP contribution < -0.4 is 10.2 Å². The Bertz CT molecular complexity index is 821. The van der Waals surface area contributed by atoms with Gasteiger partial charge in [-0.15, -0.1) is 0 Å². The van der Waals surface area contributed by atoms with Crippen molar-refractivity contribution >= 4 is 35.5 Å². The Morgan fingerprint density at radius 1 is 1.28 bits per heavy atom. The first-order chi connectivity index (χ1) is 12.0. The molecule has 0 bridgehead atoms. The van der Waals surface area contributed by atoms with Gasteiger partial charge in [-0.3, -0.25) is 14.9 Å². The van der Waals surface area contributed by atoms with Gasteiger partial charge in [0.2, 0.25) is 0 Å². The van der Waals surface area contributed by atoms with E-state index in [1.54, 1.807) is 48.6 Å². The van der Waals surface area contributed by atoms with Gasteiger partial charge in [0.15, 0.2) is 6.61 Å². The number of non-ortho nitro benzene ring substituents is 1. The van der Waals surface area contributed by atoms with Crippen molar-refractivity contribution < 1.29 is 14.5 Å². The van der Waals surface area contributed by atoms with Crippen LogP contribution in [0.2, 0.25) is 5.02 Å². The molecule has 0 spiro atoms. The standard InChI is InChI=1S/C17H14ClN3O4/c18-14-6-2-8-16(11-14)25-12-17(22)20-19-9-3-5-13-4-1-7-15(10-13)21(23)24/h1-11H,12H2,(H,20,22)/b5-3+,19-9-. The first kappa shape index (κ1) is 18.2. The summed E-state index contributed by atoms with van der Waals surface area (Å²) in [5.74, 6) is 0.0529. The second-order valence-corrected chi connectivity index (χ2v) is 5.21. The highest BCUT2D eigenvalue weighted by atomic mass is 35.5. The third-order valence-corrected chi connectivity index (χ3v) is 3.12. The van der Waals surface area contributed by atoms with Gasteiger partial charge >= 0.3 is 0 Å². The lowest BCUT2D eigenvalue weighted by Crippen LogP contribution is -2.24. The molecule has 2 rings (SSSR count). The summed E-state index contributed by atoms with van der Waals surface area (Å²) in [5, 5.41) is 14.9. The van der Waals surface area contributed by atoms with E-state index < -0.39 is 10.8 Å². The molecule has 0 aliphatic heterocycles. The zero-order chi connectivity index (χ0) is 18.1. The molecule has 2 aromatic carbocycles. The van der Waals surface area contributed by atoms with Gasteiger partial charge in [-0.25, -0.2) is 5.43 Å². The zero-order valence-corrected chi connectivity index (χ0v) is 13.7. The molecule has 2 aromatic rings. The fourth-order valence-corrected chi connectivity index (χ4v) is 1.97. The summed E-state index contributed by atoms with van der Waals surface area (Å²) in [5.41, 5.74) is 2.95. The minimum Gasteiger partial charge on any atom is -0.484 e. The molecule has 1 N–H and O–H groups in total. The Balaban J connectivity index is 1.77. The Morgan fingerprint density at radius 3 is 2.84 bits per heavy atom. The number of benzene rings is 2. The summed E-state index contributed by atoms with van der Waals surface area (Å²) in [6, 6.07) is 12.8. The number of nitro groups is 1. The minimum absolute atomic E-state index is 0.00514. The summed E-state index contributed by atoms with van der Waals surface area (Å²) in [6.45, 7) is -0.202. The first-order valence-corrected chi connectivity index (χ1v) is 7.54. The van der Waals surface area contributed by atoms with Crippen molar-refractivity contribution in [1.82, 2.24) is 5.43 Å². The summed E-state index contributed by atoms with van der Waals surface area (Å²) >= 11 is 5.81. The van der Waals surface area contributed by atoms with Crippen LogP contribution in [0.1, 0.15) is 5.56 Å². The fourth-order valence-electron chi connectivity index (χ4n) is 1.79. The Hall–Kier alpha value is -3.19. The number of hydrogen-bond donors (Lipinski definition) is 1. The van der Waals surface area contributed by atoms with Crippen molar-refractivity contribution in [3.8, 4) is 5.75 Å². The Morgan fingerprint density at radius 2 is 2.08 bits per heavy atom. The van der Waals surface area contributed by atoms with Gasteiger partial charge in [0, 0.05) is 23.4 Å². The molecule has 0 aromatic heterocycles. The maximum Gasteiger partial charge on any atom is 0.277 e. The number of ether oxygens (including phenoxy) is 1. The van der Waals surface area contributed by atoms with E-state index in [9.17, 15) is 14.9 Å². The van der Waals surface area contributed by atoms with Crippen molar-refractivity contribution in [1.29, 1.82) is 0 Å². The monoisotopic (exact) mass is 359 g/mol. The van der Waals surface area contributed by atoms with E-state index in [2.05, 4.69) is 10.5 Å². The molecule has 1 amide bonds. The number of hydrazone groups is 1. The molecule has 7 nitrogen and oxygen atoms in total. The number of nitrogens with zero attached hydrogens (tertiary/aromatic N) is 2. The van der Waals surface area contributed by atoms with Gasteiger partial charge in [-0.05, 0) is 29.8 Å². The molecular formula is C17H14ClN3O4. The van der Waals surface area contributed by atoms with Crippen LogP contribution in [0.5, 0.6) is 5.75 Å². The zero-order valence-electron chi connectivity index (χ0n) is 13.0. The molecule has 128 valence electrons. The molecule has 25 heavy (non-hydrogen) atoms. The maximum absolute atomic E-state index is 11.6. The van der Waals surface area contributed by atoms with E-state index in [-0.39, 0.29) is 12.3 Å². The predicted octanol–water partition coefficient (Wildman–Crippen LogP) is 3.44. The van der Waals surface area contributed by atoms with E-state index in [0.717, 1.165) is 0 Å². The van der Waals surface area contributed by atoms with Crippen LogP contribution in [0.4, 0.5) is 5.69 Å². The quantitative estimate of drug-likeness (QED) is 0.465. The van der Waals surface area contributed by atoms with Crippen molar-refractivity contribution in [2.45, 2.75) is 0 Å². The molecule has 0 aliphatic carbocycles. The van der Waals surface area contributed by atoms with Gasteiger partial charge in [0.05, 0.1) is 4.92 Å². The van der Waals surface area contributed by atoms with Gasteiger partial charge in [-0.2, -0.15) is 5.10 Å². The normalized spacial score (nSPS) is 10.9. The van der Waals surface area contributed by atoms with E-state index in [1.807, 2.05) is 0 Å². The fraction of sp³-hybridized carbons (Fsp3) is 0.0588. The third kappa shape index (κ3) is 6.44. The highest BCUT2D eigenvalue weighted by molar-refractivity contribution is 6.30. The van der Waals surface area contributed by atoms with E-state index in [4.69, 9.17) is 16.3 Å². The van der Waals surface area contributed by atoms with Crippen molar-refractivity contribution in [3.05, 3.63) is 75.3 Å². The van der Waals surface area contributed by atoms with Crippen LogP contribution in [0, 0.1) is 10.1 Å².